The van der Waals surface area contributed by atoms with Gasteiger partial charge in [0.25, 0.3) is 5.91 Å². The standard InChI is InChI=1S/C26H19FN2O5S/c1-4-11-33-25(32)23-14(3)28-26(35-23)29-20(15-6-8-16(27)9-7-15)19-21(30)17-12-13(2)5-10-18(17)34-22(19)24(29)31/h4-10,12,20H,1,11H2,2-3H3. The number of halogens is 1. The van der Waals surface area contributed by atoms with Crippen LogP contribution in [0.4, 0.5) is 9.52 Å². The first-order valence-corrected chi connectivity index (χ1v) is 11.5. The van der Waals surface area contributed by atoms with Crippen LogP contribution in [0.25, 0.3) is 11.0 Å². The van der Waals surface area contributed by atoms with Crippen LogP contribution in [0, 0.1) is 19.7 Å². The van der Waals surface area contributed by atoms with Crippen molar-refractivity contribution in [1.29, 1.82) is 0 Å². The van der Waals surface area contributed by atoms with E-state index in [-0.39, 0.29) is 39.0 Å². The maximum atomic E-state index is 13.7. The van der Waals surface area contributed by atoms with Crippen molar-refractivity contribution < 1.29 is 23.1 Å². The SMILES string of the molecule is C=CCOC(=O)c1sc(N2C(=O)c3oc4ccc(C)cc4c(=O)c3C2c2ccc(F)cc2)nc1C. The molecule has 0 saturated heterocycles. The highest BCUT2D eigenvalue weighted by molar-refractivity contribution is 7.17. The van der Waals surface area contributed by atoms with Crippen molar-refractivity contribution in [3.63, 3.8) is 0 Å². The van der Waals surface area contributed by atoms with E-state index in [0.29, 0.717) is 16.6 Å². The van der Waals surface area contributed by atoms with Crippen molar-refractivity contribution in [2.45, 2.75) is 19.9 Å². The topological polar surface area (TPSA) is 89.7 Å². The van der Waals surface area contributed by atoms with Crippen molar-refractivity contribution in [2.75, 3.05) is 11.5 Å². The molecule has 0 aliphatic carbocycles. The molecular formula is C26H19FN2O5S. The number of thiazole rings is 1. The zero-order valence-corrected chi connectivity index (χ0v) is 19.6. The molecule has 0 bridgehead atoms. The Morgan fingerprint density at radius 2 is 1.97 bits per heavy atom. The van der Waals surface area contributed by atoms with Crippen LogP contribution in [-0.2, 0) is 4.74 Å². The van der Waals surface area contributed by atoms with E-state index in [1.54, 1.807) is 25.1 Å². The van der Waals surface area contributed by atoms with Gasteiger partial charge in [-0.05, 0) is 43.7 Å². The summed E-state index contributed by atoms with van der Waals surface area (Å²) in [5.74, 6) is -1.73. The van der Waals surface area contributed by atoms with Crippen LogP contribution in [0.2, 0.25) is 0 Å². The molecule has 0 fully saturated rings. The Labute approximate surface area is 203 Å². The molecule has 2 aromatic carbocycles. The van der Waals surface area contributed by atoms with E-state index >= 15 is 0 Å². The summed E-state index contributed by atoms with van der Waals surface area (Å²) in [4.78, 5) is 45.7. The molecule has 176 valence electrons. The summed E-state index contributed by atoms with van der Waals surface area (Å²) in [5, 5.41) is 0.535. The average Bonchev–Trinajstić information content (AvgIpc) is 3.36. The largest absolute Gasteiger partial charge is 0.457 e. The van der Waals surface area contributed by atoms with Crippen molar-refractivity contribution in [1.82, 2.24) is 4.98 Å². The molecule has 9 heteroatoms. The van der Waals surface area contributed by atoms with Gasteiger partial charge in [0.05, 0.1) is 22.7 Å². The third-order valence-corrected chi connectivity index (χ3v) is 6.86. The molecule has 0 spiro atoms. The minimum Gasteiger partial charge on any atom is -0.457 e. The minimum absolute atomic E-state index is 0.0300. The number of aromatic nitrogens is 1. The third kappa shape index (κ3) is 3.74. The molecule has 2 aromatic heterocycles. The first kappa shape index (κ1) is 22.7. The number of carbonyl (C=O) groups excluding carboxylic acids is 2. The molecule has 0 saturated carbocycles. The summed E-state index contributed by atoms with van der Waals surface area (Å²) in [5.41, 5.74) is 1.82. The van der Waals surface area contributed by atoms with E-state index in [1.807, 2.05) is 6.92 Å². The Morgan fingerprint density at radius 1 is 1.23 bits per heavy atom. The lowest BCUT2D eigenvalue weighted by atomic mass is 9.98. The fraction of sp³-hybridized carbons (Fsp3) is 0.154. The monoisotopic (exact) mass is 490 g/mol. The molecule has 1 aliphatic rings. The number of nitrogens with zero attached hydrogens (tertiary/aromatic N) is 2. The number of ether oxygens (including phenoxy) is 1. The maximum Gasteiger partial charge on any atom is 0.350 e. The first-order valence-electron chi connectivity index (χ1n) is 10.7. The van der Waals surface area contributed by atoms with Gasteiger partial charge < -0.3 is 9.15 Å². The van der Waals surface area contributed by atoms with E-state index in [1.165, 1.54) is 35.2 Å². The summed E-state index contributed by atoms with van der Waals surface area (Å²) in [7, 11) is 0. The van der Waals surface area contributed by atoms with Crippen LogP contribution in [0.1, 0.15) is 48.7 Å². The van der Waals surface area contributed by atoms with Crippen LogP contribution in [-0.4, -0.2) is 23.5 Å². The Kier molecular flexibility index (Phi) is 5.56. The molecule has 0 N–H and O–H groups in total. The average molecular weight is 491 g/mol. The number of anilines is 1. The van der Waals surface area contributed by atoms with E-state index < -0.39 is 23.7 Å². The highest BCUT2D eigenvalue weighted by Crippen LogP contribution is 2.43. The van der Waals surface area contributed by atoms with Crippen molar-refractivity contribution in [2.24, 2.45) is 0 Å². The van der Waals surface area contributed by atoms with Gasteiger partial charge in [0.15, 0.2) is 10.6 Å². The second-order valence-corrected chi connectivity index (χ2v) is 9.08. The molecule has 35 heavy (non-hydrogen) atoms. The molecule has 3 heterocycles. The van der Waals surface area contributed by atoms with Crippen molar-refractivity contribution in [3.8, 4) is 0 Å². The summed E-state index contributed by atoms with van der Waals surface area (Å²) >= 11 is 0.971. The molecule has 1 aliphatic heterocycles. The fourth-order valence-corrected chi connectivity index (χ4v) is 5.11. The molecule has 5 rings (SSSR count). The van der Waals surface area contributed by atoms with Crippen LogP contribution in [0.15, 0.2) is 64.3 Å². The zero-order valence-electron chi connectivity index (χ0n) is 18.8. The zero-order chi connectivity index (χ0) is 24.9. The Hall–Kier alpha value is -4.11. The Balaban J connectivity index is 1.72. The summed E-state index contributed by atoms with van der Waals surface area (Å²) < 4.78 is 24.8. The summed E-state index contributed by atoms with van der Waals surface area (Å²) in [6.45, 7) is 7.04. The van der Waals surface area contributed by atoms with Gasteiger partial charge in [-0.25, -0.2) is 14.2 Å². The van der Waals surface area contributed by atoms with Gasteiger partial charge in [0.1, 0.15) is 22.9 Å². The van der Waals surface area contributed by atoms with Gasteiger partial charge in [-0.1, -0.05) is 47.8 Å². The number of hydrogen-bond acceptors (Lipinski definition) is 7. The van der Waals surface area contributed by atoms with E-state index in [2.05, 4.69) is 11.6 Å². The van der Waals surface area contributed by atoms with Gasteiger partial charge in [-0.15, -0.1) is 0 Å². The highest BCUT2D eigenvalue weighted by Gasteiger charge is 2.45. The molecule has 1 amide bonds. The van der Waals surface area contributed by atoms with Crippen LogP contribution < -0.4 is 10.3 Å². The highest BCUT2D eigenvalue weighted by atomic mass is 32.1. The van der Waals surface area contributed by atoms with Crippen LogP contribution in [0.5, 0.6) is 0 Å². The second kappa shape index (κ2) is 8.59. The number of benzene rings is 2. The van der Waals surface area contributed by atoms with Gasteiger partial charge in [0.2, 0.25) is 5.76 Å². The van der Waals surface area contributed by atoms with E-state index in [0.717, 1.165) is 16.9 Å². The van der Waals surface area contributed by atoms with Gasteiger partial charge in [0, 0.05) is 0 Å². The second-order valence-electron chi connectivity index (χ2n) is 8.10. The summed E-state index contributed by atoms with van der Waals surface area (Å²) in [6, 6.07) is 9.76. The van der Waals surface area contributed by atoms with E-state index in [4.69, 9.17) is 9.15 Å². The number of esters is 1. The van der Waals surface area contributed by atoms with Crippen LogP contribution in [0.3, 0.4) is 0 Å². The smallest absolute Gasteiger partial charge is 0.350 e. The van der Waals surface area contributed by atoms with Crippen molar-refractivity contribution in [3.05, 3.63) is 104 Å². The maximum absolute atomic E-state index is 13.7. The van der Waals surface area contributed by atoms with Gasteiger partial charge >= 0.3 is 5.97 Å². The lowest BCUT2D eigenvalue weighted by Crippen LogP contribution is -2.29. The van der Waals surface area contributed by atoms with Gasteiger partial charge in [-0.2, -0.15) is 0 Å². The fourth-order valence-electron chi connectivity index (χ4n) is 4.12. The Bertz CT molecular complexity index is 1570. The van der Waals surface area contributed by atoms with E-state index in [9.17, 15) is 18.8 Å². The number of aryl methyl sites for hydroxylation is 2. The number of hydrogen-bond donors (Lipinski definition) is 0. The number of rotatable bonds is 5. The predicted octanol–water partition coefficient (Wildman–Crippen LogP) is 5.10. The molecule has 0 radical (unpaired) electrons. The third-order valence-electron chi connectivity index (χ3n) is 5.72. The lowest BCUT2D eigenvalue weighted by molar-refractivity contribution is 0.0554. The molecular weight excluding hydrogens is 471 g/mol. The number of fused-ring (bicyclic) bond motifs is 2. The molecule has 1 atom stereocenters. The lowest BCUT2D eigenvalue weighted by Gasteiger charge is -2.22. The normalized spacial score (nSPS) is 14.9. The summed E-state index contributed by atoms with van der Waals surface area (Å²) in [6.07, 6.45) is 1.45. The molecule has 1 unspecified atom stereocenters. The quantitative estimate of drug-likeness (QED) is 0.286. The Morgan fingerprint density at radius 3 is 2.69 bits per heavy atom. The number of amides is 1. The van der Waals surface area contributed by atoms with Gasteiger partial charge in [-0.3, -0.25) is 14.5 Å². The number of carbonyl (C=O) groups is 2. The molecule has 7 nitrogen and oxygen atoms in total. The minimum atomic E-state index is -0.915. The molecule has 4 aromatic rings. The van der Waals surface area contributed by atoms with Crippen LogP contribution >= 0.6 is 11.3 Å². The first-order chi connectivity index (χ1) is 16.8. The van der Waals surface area contributed by atoms with Crippen molar-refractivity contribution >= 4 is 39.3 Å². The predicted molar refractivity (Wildman–Crippen MR) is 130 cm³/mol.